The molecule has 118 valence electrons. The highest BCUT2D eigenvalue weighted by Gasteiger charge is 2.32. The Kier molecular flexibility index (Phi) is 3.27. The molecule has 0 saturated carbocycles. The van der Waals surface area contributed by atoms with E-state index >= 15 is 0 Å². The van der Waals surface area contributed by atoms with Gasteiger partial charge in [-0.3, -0.25) is 14.9 Å². The molecule has 0 fully saturated rings. The van der Waals surface area contributed by atoms with Crippen molar-refractivity contribution >= 4 is 28.1 Å². The molecule has 0 aromatic heterocycles. The van der Waals surface area contributed by atoms with Gasteiger partial charge in [-0.2, -0.15) is 0 Å². The van der Waals surface area contributed by atoms with Crippen LogP contribution in [0.1, 0.15) is 23.5 Å². The van der Waals surface area contributed by atoms with Crippen molar-refractivity contribution in [2.75, 3.05) is 5.32 Å². The minimum Gasteiger partial charge on any atom is -0.326 e. The van der Waals surface area contributed by atoms with Gasteiger partial charge >= 0.3 is 0 Å². The number of nitro benzene ring substituents is 1. The molecule has 0 radical (unpaired) electrons. The van der Waals surface area contributed by atoms with Crippen LogP contribution in [0, 0.1) is 10.1 Å². The average Bonchev–Trinajstić information content (AvgIpc) is 2.60. The Hall–Kier alpha value is -3.21. The van der Waals surface area contributed by atoms with E-state index in [1.165, 1.54) is 6.07 Å². The molecule has 1 atom stereocenters. The van der Waals surface area contributed by atoms with Gasteiger partial charge in [0.05, 0.1) is 4.92 Å². The lowest BCUT2D eigenvalue weighted by atomic mass is 9.81. The summed E-state index contributed by atoms with van der Waals surface area (Å²) < 4.78 is 0. The fraction of sp³-hybridized carbons (Fsp3) is 0.105. The Morgan fingerprint density at radius 2 is 1.75 bits per heavy atom. The molecule has 1 amide bonds. The molecule has 3 aromatic carbocycles. The van der Waals surface area contributed by atoms with Crippen molar-refractivity contribution in [3.63, 3.8) is 0 Å². The van der Waals surface area contributed by atoms with Crippen molar-refractivity contribution in [2.45, 2.75) is 12.3 Å². The van der Waals surface area contributed by atoms with Crippen molar-refractivity contribution in [1.29, 1.82) is 0 Å². The normalized spacial score (nSPS) is 16.5. The maximum Gasteiger partial charge on any atom is 0.273 e. The van der Waals surface area contributed by atoms with E-state index in [1.54, 1.807) is 18.2 Å². The highest BCUT2D eigenvalue weighted by atomic mass is 16.6. The fourth-order valence-electron chi connectivity index (χ4n) is 3.48. The molecule has 24 heavy (non-hydrogen) atoms. The second-order valence-electron chi connectivity index (χ2n) is 5.87. The van der Waals surface area contributed by atoms with Crippen molar-refractivity contribution in [3.8, 4) is 0 Å². The first-order valence-electron chi connectivity index (χ1n) is 7.70. The Labute approximate surface area is 138 Å². The molecule has 3 aromatic rings. The molecule has 1 aliphatic heterocycles. The molecular formula is C19H14N2O3. The summed E-state index contributed by atoms with van der Waals surface area (Å²) in [4.78, 5) is 23.2. The zero-order chi connectivity index (χ0) is 16.7. The summed E-state index contributed by atoms with van der Waals surface area (Å²) in [6.45, 7) is 0. The highest BCUT2D eigenvalue weighted by Crippen LogP contribution is 2.43. The first-order chi connectivity index (χ1) is 11.6. The number of carbonyl (C=O) groups is 1. The quantitative estimate of drug-likeness (QED) is 0.568. The van der Waals surface area contributed by atoms with E-state index in [1.807, 2.05) is 36.4 Å². The minimum atomic E-state index is -0.382. The number of rotatable bonds is 2. The zero-order valence-electron chi connectivity index (χ0n) is 12.7. The van der Waals surface area contributed by atoms with E-state index in [0.29, 0.717) is 5.56 Å². The van der Waals surface area contributed by atoms with Crippen molar-refractivity contribution in [2.24, 2.45) is 0 Å². The van der Waals surface area contributed by atoms with E-state index in [4.69, 9.17) is 0 Å². The molecule has 0 spiro atoms. The Morgan fingerprint density at radius 1 is 1.00 bits per heavy atom. The third kappa shape index (κ3) is 2.22. The maximum absolute atomic E-state index is 12.1. The predicted octanol–water partition coefficient (Wildman–Crippen LogP) is 4.22. The third-order valence-corrected chi connectivity index (χ3v) is 4.49. The van der Waals surface area contributed by atoms with Gasteiger partial charge in [-0.25, -0.2) is 0 Å². The lowest BCUT2D eigenvalue weighted by Crippen LogP contribution is -2.24. The van der Waals surface area contributed by atoms with Crippen molar-refractivity contribution < 1.29 is 9.72 Å². The topological polar surface area (TPSA) is 72.2 Å². The van der Waals surface area contributed by atoms with Crippen LogP contribution >= 0.6 is 0 Å². The number of nitrogens with one attached hydrogen (secondary N) is 1. The predicted molar refractivity (Wildman–Crippen MR) is 92.1 cm³/mol. The van der Waals surface area contributed by atoms with Crippen molar-refractivity contribution in [3.05, 3.63) is 81.9 Å². The number of hydrogen-bond donors (Lipinski definition) is 1. The molecule has 1 heterocycles. The molecule has 4 rings (SSSR count). The standard InChI is InChI=1S/C19H14N2O3/c22-18-11-15(14-7-3-4-8-17(14)21(23)24)19-13-6-2-1-5-12(13)9-10-16(19)20-18/h1-10,15H,11H2,(H,20,22)/t15-/m1/s1. The van der Waals surface area contributed by atoms with Crippen molar-refractivity contribution in [1.82, 2.24) is 0 Å². The van der Waals surface area contributed by atoms with Gasteiger partial charge in [-0.1, -0.05) is 48.5 Å². The molecular weight excluding hydrogens is 304 g/mol. The molecule has 0 bridgehead atoms. The van der Waals surface area contributed by atoms with Crippen LogP contribution in [0.5, 0.6) is 0 Å². The number of fused-ring (bicyclic) bond motifs is 3. The van der Waals surface area contributed by atoms with Crippen LogP contribution in [0.3, 0.4) is 0 Å². The number of nitro groups is 1. The molecule has 0 aliphatic carbocycles. The first-order valence-corrected chi connectivity index (χ1v) is 7.70. The van der Waals surface area contributed by atoms with Gasteiger partial charge in [0.1, 0.15) is 0 Å². The number of hydrogen-bond acceptors (Lipinski definition) is 3. The minimum absolute atomic E-state index is 0.0519. The molecule has 0 unspecified atom stereocenters. The van der Waals surface area contributed by atoms with Gasteiger partial charge in [-0.15, -0.1) is 0 Å². The van der Waals surface area contributed by atoms with Crippen LogP contribution in [0.15, 0.2) is 60.7 Å². The van der Waals surface area contributed by atoms with E-state index < -0.39 is 0 Å². The van der Waals surface area contributed by atoms with Gasteiger partial charge in [0.25, 0.3) is 5.69 Å². The van der Waals surface area contributed by atoms with E-state index in [-0.39, 0.29) is 28.9 Å². The molecule has 1 aliphatic rings. The van der Waals surface area contributed by atoms with Gasteiger partial charge in [-0.05, 0) is 22.4 Å². The van der Waals surface area contributed by atoms with Gasteiger partial charge in [0, 0.05) is 29.7 Å². The smallest absolute Gasteiger partial charge is 0.273 e. The molecule has 1 N–H and O–H groups in total. The van der Waals surface area contributed by atoms with Gasteiger partial charge in [0.2, 0.25) is 5.91 Å². The summed E-state index contributed by atoms with van der Waals surface area (Å²) in [5.74, 6) is -0.456. The number of anilines is 1. The molecule has 5 heteroatoms. The van der Waals surface area contributed by atoms with Crippen LogP contribution in [-0.4, -0.2) is 10.8 Å². The number of nitrogens with zero attached hydrogens (tertiary/aromatic N) is 1. The number of amides is 1. The number of benzene rings is 3. The van der Waals surface area contributed by atoms with Gasteiger partial charge in [0.15, 0.2) is 0 Å². The van der Waals surface area contributed by atoms with Gasteiger partial charge < -0.3 is 5.32 Å². The van der Waals surface area contributed by atoms with E-state index in [2.05, 4.69) is 5.32 Å². The third-order valence-electron chi connectivity index (χ3n) is 4.49. The second-order valence-corrected chi connectivity index (χ2v) is 5.87. The molecule has 0 saturated heterocycles. The lowest BCUT2D eigenvalue weighted by Gasteiger charge is -2.27. The summed E-state index contributed by atoms with van der Waals surface area (Å²) in [5, 5.41) is 16.4. The second kappa shape index (κ2) is 5.45. The average molecular weight is 318 g/mol. The molecule has 5 nitrogen and oxygen atoms in total. The fourth-order valence-corrected chi connectivity index (χ4v) is 3.48. The van der Waals surface area contributed by atoms with Crippen LogP contribution in [0.2, 0.25) is 0 Å². The highest BCUT2D eigenvalue weighted by molar-refractivity contribution is 6.01. The largest absolute Gasteiger partial charge is 0.326 e. The van der Waals surface area contributed by atoms with Crippen LogP contribution < -0.4 is 5.32 Å². The van der Waals surface area contributed by atoms with E-state index in [0.717, 1.165) is 22.0 Å². The Morgan fingerprint density at radius 3 is 2.58 bits per heavy atom. The lowest BCUT2D eigenvalue weighted by molar-refractivity contribution is -0.385. The van der Waals surface area contributed by atoms with E-state index in [9.17, 15) is 14.9 Å². The first kappa shape index (κ1) is 14.4. The Balaban J connectivity index is 2.01. The van der Waals surface area contributed by atoms with Crippen LogP contribution in [-0.2, 0) is 4.79 Å². The summed E-state index contributed by atoms with van der Waals surface area (Å²) in [5.41, 5.74) is 2.31. The summed E-state index contributed by atoms with van der Waals surface area (Å²) in [7, 11) is 0. The Bertz CT molecular complexity index is 981. The summed E-state index contributed by atoms with van der Waals surface area (Å²) in [6.07, 6.45) is 0.200. The summed E-state index contributed by atoms with van der Waals surface area (Å²) in [6, 6.07) is 18.4. The maximum atomic E-state index is 12.1. The zero-order valence-corrected chi connectivity index (χ0v) is 12.7. The number of carbonyl (C=O) groups excluding carboxylic acids is 1. The summed E-state index contributed by atoms with van der Waals surface area (Å²) >= 11 is 0. The van der Waals surface area contributed by atoms with Crippen LogP contribution in [0.4, 0.5) is 11.4 Å². The number of para-hydroxylation sites is 1. The van der Waals surface area contributed by atoms with Crippen LogP contribution in [0.25, 0.3) is 10.8 Å². The SMILES string of the molecule is O=C1C[C@H](c2ccccc2[N+](=O)[O-])c2c(ccc3ccccc23)N1. The monoisotopic (exact) mass is 318 g/mol.